The number of anilines is 1. The SMILES string of the molecule is O=C(CCN1CCC(Cc2ccccc2)CC1)Nc1cccc(F)c1. The molecular formula is C21H25FN2O. The molecule has 3 nitrogen and oxygen atoms in total. The summed E-state index contributed by atoms with van der Waals surface area (Å²) in [5.74, 6) is 0.343. The molecule has 25 heavy (non-hydrogen) atoms. The second-order valence-electron chi connectivity index (χ2n) is 6.78. The van der Waals surface area contributed by atoms with Crippen molar-refractivity contribution in [1.29, 1.82) is 0 Å². The zero-order chi connectivity index (χ0) is 17.5. The van der Waals surface area contributed by atoms with E-state index in [0.717, 1.165) is 32.0 Å². The Kier molecular flexibility index (Phi) is 6.18. The number of hydrogen-bond acceptors (Lipinski definition) is 2. The highest BCUT2D eigenvalue weighted by atomic mass is 19.1. The van der Waals surface area contributed by atoms with Gasteiger partial charge in [-0.05, 0) is 62.0 Å². The average molecular weight is 340 g/mol. The van der Waals surface area contributed by atoms with Crippen LogP contribution in [0.5, 0.6) is 0 Å². The lowest BCUT2D eigenvalue weighted by atomic mass is 9.90. The van der Waals surface area contributed by atoms with E-state index in [1.807, 2.05) is 0 Å². The Balaban J connectivity index is 1.37. The molecule has 0 bridgehead atoms. The maximum atomic E-state index is 13.1. The van der Waals surface area contributed by atoms with Crippen molar-refractivity contribution in [1.82, 2.24) is 4.90 Å². The van der Waals surface area contributed by atoms with Gasteiger partial charge < -0.3 is 10.2 Å². The molecule has 1 aliphatic heterocycles. The predicted molar refractivity (Wildman–Crippen MR) is 99.0 cm³/mol. The Morgan fingerprint density at radius 2 is 1.84 bits per heavy atom. The number of piperidine rings is 1. The molecule has 1 aliphatic rings. The highest BCUT2D eigenvalue weighted by Gasteiger charge is 2.19. The average Bonchev–Trinajstić information content (AvgIpc) is 2.62. The second kappa shape index (κ2) is 8.77. The fraction of sp³-hybridized carbons (Fsp3) is 0.381. The van der Waals surface area contributed by atoms with Crippen LogP contribution in [0.1, 0.15) is 24.8 Å². The van der Waals surface area contributed by atoms with Crippen LogP contribution in [0.15, 0.2) is 54.6 Å². The number of carbonyl (C=O) groups excluding carboxylic acids is 1. The molecule has 0 aromatic heterocycles. The van der Waals surface area contributed by atoms with Crippen LogP contribution in [0.2, 0.25) is 0 Å². The molecule has 0 unspecified atom stereocenters. The number of amides is 1. The summed E-state index contributed by atoms with van der Waals surface area (Å²) in [6.45, 7) is 2.86. The van der Waals surface area contributed by atoms with Gasteiger partial charge in [-0.1, -0.05) is 36.4 Å². The maximum Gasteiger partial charge on any atom is 0.225 e. The Morgan fingerprint density at radius 1 is 1.08 bits per heavy atom. The van der Waals surface area contributed by atoms with Crippen LogP contribution in [0.4, 0.5) is 10.1 Å². The summed E-state index contributed by atoms with van der Waals surface area (Å²) in [5.41, 5.74) is 1.93. The van der Waals surface area contributed by atoms with E-state index in [9.17, 15) is 9.18 Å². The molecule has 0 radical (unpaired) electrons. The number of likely N-dealkylation sites (tertiary alicyclic amines) is 1. The molecule has 2 aromatic carbocycles. The van der Waals surface area contributed by atoms with Crippen molar-refractivity contribution in [3.05, 3.63) is 66.0 Å². The van der Waals surface area contributed by atoms with Crippen molar-refractivity contribution in [2.45, 2.75) is 25.7 Å². The lowest BCUT2D eigenvalue weighted by Gasteiger charge is -2.31. The number of halogens is 1. The first-order valence-electron chi connectivity index (χ1n) is 9.01. The van der Waals surface area contributed by atoms with E-state index >= 15 is 0 Å². The normalized spacial score (nSPS) is 15.9. The summed E-state index contributed by atoms with van der Waals surface area (Å²) < 4.78 is 13.1. The van der Waals surface area contributed by atoms with Crippen LogP contribution in [0, 0.1) is 11.7 Å². The highest BCUT2D eigenvalue weighted by Crippen LogP contribution is 2.21. The molecule has 3 rings (SSSR count). The molecular weight excluding hydrogens is 315 g/mol. The van der Waals surface area contributed by atoms with Crippen LogP contribution in [-0.4, -0.2) is 30.4 Å². The van der Waals surface area contributed by atoms with Gasteiger partial charge in [0.1, 0.15) is 5.82 Å². The van der Waals surface area contributed by atoms with Crippen molar-refractivity contribution < 1.29 is 9.18 Å². The van der Waals surface area contributed by atoms with E-state index < -0.39 is 0 Å². The minimum Gasteiger partial charge on any atom is -0.326 e. The van der Waals surface area contributed by atoms with Crippen molar-refractivity contribution in [3.8, 4) is 0 Å². The van der Waals surface area contributed by atoms with Crippen LogP contribution in [0.25, 0.3) is 0 Å². The predicted octanol–water partition coefficient (Wildman–Crippen LogP) is 4.11. The summed E-state index contributed by atoms with van der Waals surface area (Å²) in [6.07, 6.45) is 3.95. The second-order valence-corrected chi connectivity index (χ2v) is 6.78. The fourth-order valence-electron chi connectivity index (χ4n) is 3.41. The number of rotatable bonds is 6. The van der Waals surface area contributed by atoms with E-state index in [1.54, 1.807) is 12.1 Å². The molecule has 0 atom stereocenters. The lowest BCUT2D eigenvalue weighted by Crippen LogP contribution is -2.36. The molecule has 1 heterocycles. The minimum atomic E-state index is -0.335. The lowest BCUT2D eigenvalue weighted by molar-refractivity contribution is -0.116. The quantitative estimate of drug-likeness (QED) is 0.858. The smallest absolute Gasteiger partial charge is 0.225 e. The largest absolute Gasteiger partial charge is 0.326 e. The standard InChI is InChI=1S/C21H25FN2O/c22-19-7-4-8-20(16-19)23-21(25)11-14-24-12-9-18(10-13-24)15-17-5-2-1-3-6-17/h1-8,16,18H,9-15H2,(H,23,25). The van der Waals surface area contributed by atoms with Crippen LogP contribution >= 0.6 is 0 Å². The Bertz CT molecular complexity index is 681. The van der Waals surface area contributed by atoms with Gasteiger partial charge >= 0.3 is 0 Å². The Hall–Kier alpha value is -2.20. The molecule has 1 fully saturated rings. The number of hydrogen-bond donors (Lipinski definition) is 1. The molecule has 1 N–H and O–H groups in total. The molecule has 0 saturated carbocycles. The van der Waals surface area contributed by atoms with Crippen LogP contribution in [0.3, 0.4) is 0 Å². The van der Waals surface area contributed by atoms with Gasteiger partial charge in [-0.25, -0.2) is 4.39 Å². The van der Waals surface area contributed by atoms with Crippen molar-refractivity contribution in [2.75, 3.05) is 25.0 Å². The monoisotopic (exact) mass is 340 g/mol. The molecule has 2 aromatic rings. The first kappa shape index (κ1) is 17.6. The Labute approximate surface area is 148 Å². The molecule has 132 valence electrons. The summed E-state index contributed by atoms with van der Waals surface area (Å²) in [5, 5.41) is 2.76. The van der Waals surface area contributed by atoms with Crippen molar-refractivity contribution in [2.24, 2.45) is 5.92 Å². The maximum absolute atomic E-state index is 13.1. The molecule has 1 saturated heterocycles. The summed E-state index contributed by atoms with van der Waals surface area (Å²) in [7, 11) is 0. The van der Waals surface area contributed by atoms with Crippen molar-refractivity contribution in [3.63, 3.8) is 0 Å². The van der Waals surface area contributed by atoms with E-state index in [0.29, 0.717) is 12.1 Å². The van der Waals surface area contributed by atoms with Gasteiger partial charge in [0.2, 0.25) is 5.91 Å². The number of carbonyl (C=O) groups is 1. The topological polar surface area (TPSA) is 32.3 Å². The van der Waals surface area contributed by atoms with Gasteiger partial charge in [0.25, 0.3) is 0 Å². The third-order valence-electron chi connectivity index (χ3n) is 4.84. The van der Waals surface area contributed by atoms with E-state index in [2.05, 4.69) is 40.5 Å². The molecule has 0 aliphatic carbocycles. The third kappa shape index (κ3) is 5.68. The van der Waals surface area contributed by atoms with Crippen molar-refractivity contribution >= 4 is 11.6 Å². The highest BCUT2D eigenvalue weighted by molar-refractivity contribution is 5.90. The first-order valence-corrected chi connectivity index (χ1v) is 9.01. The fourth-order valence-corrected chi connectivity index (χ4v) is 3.41. The molecule has 1 amide bonds. The molecule has 4 heteroatoms. The van der Waals surface area contributed by atoms with Crippen LogP contribution in [-0.2, 0) is 11.2 Å². The van der Waals surface area contributed by atoms with Gasteiger partial charge in [0.15, 0.2) is 0 Å². The van der Waals surface area contributed by atoms with Gasteiger partial charge in [-0.3, -0.25) is 4.79 Å². The first-order chi connectivity index (χ1) is 12.2. The van der Waals surface area contributed by atoms with Gasteiger partial charge in [-0.15, -0.1) is 0 Å². The summed E-state index contributed by atoms with van der Waals surface area (Å²) >= 11 is 0. The van der Waals surface area contributed by atoms with E-state index in [4.69, 9.17) is 0 Å². The van der Waals surface area contributed by atoms with Gasteiger partial charge in [0, 0.05) is 18.7 Å². The number of nitrogens with zero attached hydrogens (tertiary/aromatic N) is 1. The molecule has 0 spiro atoms. The summed E-state index contributed by atoms with van der Waals surface area (Å²) in [4.78, 5) is 14.4. The van der Waals surface area contributed by atoms with Crippen LogP contribution < -0.4 is 5.32 Å². The summed E-state index contributed by atoms with van der Waals surface area (Å²) in [6, 6.07) is 16.7. The van der Waals surface area contributed by atoms with E-state index in [-0.39, 0.29) is 11.7 Å². The Morgan fingerprint density at radius 3 is 2.56 bits per heavy atom. The minimum absolute atomic E-state index is 0.0583. The van der Waals surface area contributed by atoms with E-state index in [1.165, 1.54) is 30.5 Å². The number of nitrogens with one attached hydrogen (secondary N) is 1. The van der Waals surface area contributed by atoms with Gasteiger partial charge in [0.05, 0.1) is 0 Å². The zero-order valence-electron chi connectivity index (χ0n) is 14.5. The van der Waals surface area contributed by atoms with Gasteiger partial charge in [-0.2, -0.15) is 0 Å². The number of benzene rings is 2. The third-order valence-corrected chi connectivity index (χ3v) is 4.84. The zero-order valence-corrected chi connectivity index (χ0v) is 14.5.